The molecule has 2 rings (SSSR count). The highest BCUT2D eigenvalue weighted by Crippen LogP contribution is 2.19. The molecule has 0 spiro atoms. The van der Waals surface area contributed by atoms with Gasteiger partial charge in [-0.05, 0) is 31.9 Å². The van der Waals surface area contributed by atoms with E-state index in [2.05, 4.69) is 4.98 Å². The molecular formula is C13H18N2O3. The average Bonchev–Trinajstić information content (AvgIpc) is 2.92. The number of hydrogen-bond acceptors (Lipinski definition) is 3. The zero-order valence-electron chi connectivity index (χ0n) is 10.5. The van der Waals surface area contributed by atoms with Crippen LogP contribution in [0.3, 0.4) is 0 Å². The van der Waals surface area contributed by atoms with Crippen LogP contribution in [0.5, 0.6) is 0 Å². The molecule has 98 valence electrons. The van der Waals surface area contributed by atoms with Gasteiger partial charge in [0.05, 0.1) is 12.5 Å². The molecule has 5 heteroatoms. The predicted octanol–water partition coefficient (Wildman–Crippen LogP) is 1.43. The molecule has 1 N–H and O–H groups in total. The van der Waals surface area contributed by atoms with Gasteiger partial charge in [-0.15, -0.1) is 0 Å². The second-order valence-corrected chi connectivity index (χ2v) is 4.40. The van der Waals surface area contributed by atoms with Gasteiger partial charge in [-0.1, -0.05) is 0 Å². The minimum Gasteiger partial charge on any atom is -0.466 e. The number of piperidine rings is 1. The summed E-state index contributed by atoms with van der Waals surface area (Å²) in [5, 5.41) is 0. The van der Waals surface area contributed by atoms with Crippen molar-refractivity contribution in [2.45, 2.75) is 19.8 Å². The summed E-state index contributed by atoms with van der Waals surface area (Å²) in [5.74, 6) is -0.190. The topological polar surface area (TPSA) is 62.4 Å². The van der Waals surface area contributed by atoms with Crippen molar-refractivity contribution < 1.29 is 14.3 Å². The standard InChI is InChI=1S/C13H18N2O3/c1-2-18-13(17)10-5-8-15(9-6-10)12(16)11-4-3-7-14-11/h3-4,7,10,14H,2,5-6,8-9H2,1H3. The van der Waals surface area contributed by atoms with E-state index in [4.69, 9.17) is 4.74 Å². The third-order valence-corrected chi connectivity index (χ3v) is 3.23. The molecule has 1 aliphatic heterocycles. The Hall–Kier alpha value is -1.78. The lowest BCUT2D eigenvalue weighted by molar-refractivity contribution is -0.149. The fourth-order valence-corrected chi connectivity index (χ4v) is 2.21. The van der Waals surface area contributed by atoms with E-state index in [-0.39, 0.29) is 17.8 Å². The number of carbonyl (C=O) groups is 2. The number of likely N-dealkylation sites (tertiary alicyclic amines) is 1. The summed E-state index contributed by atoms with van der Waals surface area (Å²) in [6.45, 7) is 3.45. The highest BCUT2D eigenvalue weighted by Gasteiger charge is 2.28. The normalized spacial score (nSPS) is 16.6. The van der Waals surface area contributed by atoms with Crippen molar-refractivity contribution in [1.82, 2.24) is 9.88 Å². The highest BCUT2D eigenvalue weighted by atomic mass is 16.5. The number of rotatable bonds is 3. The molecule has 0 aromatic carbocycles. The molecule has 0 unspecified atom stereocenters. The Balaban J connectivity index is 1.87. The quantitative estimate of drug-likeness (QED) is 0.825. The maximum Gasteiger partial charge on any atom is 0.309 e. The van der Waals surface area contributed by atoms with Crippen LogP contribution in [0.2, 0.25) is 0 Å². The molecule has 2 heterocycles. The second kappa shape index (κ2) is 5.71. The van der Waals surface area contributed by atoms with E-state index in [1.54, 1.807) is 23.2 Å². The number of aromatic nitrogens is 1. The van der Waals surface area contributed by atoms with E-state index < -0.39 is 0 Å². The first-order valence-electron chi connectivity index (χ1n) is 6.31. The minimum atomic E-state index is -0.135. The third kappa shape index (κ3) is 2.72. The monoisotopic (exact) mass is 250 g/mol. The van der Waals surface area contributed by atoms with Gasteiger partial charge in [0.2, 0.25) is 0 Å². The first-order valence-corrected chi connectivity index (χ1v) is 6.31. The van der Waals surface area contributed by atoms with Crippen LogP contribution in [0.25, 0.3) is 0 Å². The molecule has 1 aliphatic rings. The van der Waals surface area contributed by atoms with Crippen molar-refractivity contribution in [1.29, 1.82) is 0 Å². The number of hydrogen-bond donors (Lipinski definition) is 1. The van der Waals surface area contributed by atoms with Gasteiger partial charge in [0.25, 0.3) is 5.91 Å². The van der Waals surface area contributed by atoms with Gasteiger partial charge < -0.3 is 14.6 Å². The lowest BCUT2D eigenvalue weighted by Gasteiger charge is -2.30. The van der Waals surface area contributed by atoms with E-state index >= 15 is 0 Å². The lowest BCUT2D eigenvalue weighted by atomic mass is 9.97. The number of nitrogens with zero attached hydrogens (tertiary/aromatic N) is 1. The number of ether oxygens (including phenoxy) is 1. The van der Waals surface area contributed by atoms with Crippen LogP contribution in [-0.2, 0) is 9.53 Å². The largest absolute Gasteiger partial charge is 0.466 e. The summed E-state index contributed by atoms with van der Waals surface area (Å²) in [6, 6.07) is 3.57. The van der Waals surface area contributed by atoms with Crippen LogP contribution in [0.1, 0.15) is 30.3 Å². The van der Waals surface area contributed by atoms with E-state index in [1.165, 1.54) is 0 Å². The van der Waals surface area contributed by atoms with Crippen LogP contribution in [0, 0.1) is 5.92 Å². The number of carbonyl (C=O) groups excluding carboxylic acids is 2. The number of nitrogens with one attached hydrogen (secondary N) is 1. The van der Waals surface area contributed by atoms with Crippen LogP contribution < -0.4 is 0 Å². The molecule has 0 bridgehead atoms. The molecule has 18 heavy (non-hydrogen) atoms. The first-order chi connectivity index (χ1) is 8.72. The smallest absolute Gasteiger partial charge is 0.309 e. The average molecular weight is 250 g/mol. The van der Waals surface area contributed by atoms with Crippen LogP contribution in [0.4, 0.5) is 0 Å². The number of esters is 1. The number of aromatic amines is 1. The van der Waals surface area contributed by atoms with Crippen molar-refractivity contribution in [3.63, 3.8) is 0 Å². The fourth-order valence-electron chi connectivity index (χ4n) is 2.21. The van der Waals surface area contributed by atoms with Crippen molar-refractivity contribution in [2.75, 3.05) is 19.7 Å². The zero-order valence-corrected chi connectivity index (χ0v) is 10.5. The molecule has 1 amide bonds. The summed E-state index contributed by atoms with van der Waals surface area (Å²) in [7, 11) is 0. The summed E-state index contributed by atoms with van der Waals surface area (Å²) < 4.78 is 5.00. The van der Waals surface area contributed by atoms with E-state index in [9.17, 15) is 9.59 Å². The van der Waals surface area contributed by atoms with Gasteiger partial charge in [0.1, 0.15) is 5.69 Å². The van der Waals surface area contributed by atoms with Crippen LogP contribution in [-0.4, -0.2) is 41.5 Å². The lowest BCUT2D eigenvalue weighted by Crippen LogP contribution is -2.40. The van der Waals surface area contributed by atoms with Crippen LogP contribution >= 0.6 is 0 Å². The summed E-state index contributed by atoms with van der Waals surface area (Å²) in [5.41, 5.74) is 0.601. The van der Waals surface area contributed by atoms with Crippen molar-refractivity contribution in [2.24, 2.45) is 5.92 Å². The van der Waals surface area contributed by atoms with Crippen molar-refractivity contribution in [3.8, 4) is 0 Å². The molecule has 1 aromatic rings. The Morgan fingerprint density at radius 2 is 2.17 bits per heavy atom. The van der Waals surface area contributed by atoms with Gasteiger partial charge in [0, 0.05) is 19.3 Å². The predicted molar refractivity (Wildman–Crippen MR) is 66.1 cm³/mol. The summed E-state index contributed by atoms with van der Waals surface area (Å²) in [6.07, 6.45) is 3.11. The Morgan fingerprint density at radius 1 is 1.44 bits per heavy atom. The second-order valence-electron chi connectivity index (χ2n) is 4.40. The minimum absolute atomic E-state index is 0.00214. The third-order valence-electron chi connectivity index (χ3n) is 3.23. The zero-order chi connectivity index (χ0) is 13.0. The molecule has 1 aromatic heterocycles. The van der Waals surface area contributed by atoms with Gasteiger partial charge >= 0.3 is 5.97 Å². The maximum absolute atomic E-state index is 12.0. The number of amides is 1. The van der Waals surface area contributed by atoms with Gasteiger partial charge in [-0.2, -0.15) is 0 Å². The number of H-pyrrole nitrogens is 1. The Kier molecular flexibility index (Phi) is 4.02. The maximum atomic E-state index is 12.0. The van der Waals surface area contributed by atoms with E-state index in [0.29, 0.717) is 38.2 Å². The van der Waals surface area contributed by atoms with Crippen LogP contribution in [0.15, 0.2) is 18.3 Å². The van der Waals surface area contributed by atoms with Gasteiger partial charge in [0.15, 0.2) is 0 Å². The molecule has 0 saturated carbocycles. The Bertz CT molecular complexity index is 406. The molecule has 0 aliphatic carbocycles. The Morgan fingerprint density at radius 3 is 2.72 bits per heavy atom. The summed E-state index contributed by atoms with van der Waals surface area (Å²) >= 11 is 0. The van der Waals surface area contributed by atoms with Crippen molar-refractivity contribution >= 4 is 11.9 Å². The summed E-state index contributed by atoms with van der Waals surface area (Å²) in [4.78, 5) is 28.3. The molecule has 0 radical (unpaired) electrons. The van der Waals surface area contributed by atoms with E-state index in [0.717, 1.165) is 0 Å². The molecule has 1 saturated heterocycles. The molecular weight excluding hydrogens is 232 g/mol. The highest BCUT2D eigenvalue weighted by molar-refractivity contribution is 5.92. The van der Waals surface area contributed by atoms with Crippen molar-refractivity contribution in [3.05, 3.63) is 24.0 Å². The molecule has 5 nitrogen and oxygen atoms in total. The van der Waals surface area contributed by atoms with E-state index in [1.807, 2.05) is 6.92 Å². The van der Waals surface area contributed by atoms with Gasteiger partial charge in [-0.3, -0.25) is 9.59 Å². The molecule has 0 atom stereocenters. The SMILES string of the molecule is CCOC(=O)C1CCN(C(=O)c2ccc[nH]2)CC1. The van der Waals surface area contributed by atoms with Gasteiger partial charge in [-0.25, -0.2) is 0 Å². The first kappa shape index (κ1) is 12.7. The fraction of sp³-hybridized carbons (Fsp3) is 0.538. The molecule has 1 fully saturated rings. The Labute approximate surface area is 106 Å².